The number of aromatic nitrogens is 1. The van der Waals surface area contributed by atoms with Crippen molar-refractivity contribution >= 4 is 45.9 Å². The molecule has 1 heterocycles. The molecule has 3 aromatic rings. The summed E-state index contributed by atoms with van der Waals surface area (Å²) >= 11 is 6.04. The van der Waals surface area contributed by atoms with Gasteiger partial charge in [0.2, 0.25) is 5.78 Å². The molecular formula is C20H17ClN2O4. The number of amides is 1. The van der Waals surface area contributed by atoms with Gasteiger partial charge in [-0.2, -0.15) is 0 Å². The van der Waals surface area contributed by atoms with E-state index in [1.54, 1.807) is 42.5 Å². The van der Waals surface area contributed by atoms with E-state index in [0.717, 1.165) is 0 Å². The molecule has 1 aromatic heterocycles. The molecule has 6 nitrogen and oxygen atoms in total. The number of hydrogen-bond acceptors (Lipinski definition) is 4. The number of H-pyrrole nitrogens is 1. The number of benzene rings is 2. The molecule has 0 saturated carbocycles. The summed E-state index contributed by atoms with van der Waals surface area (Å²) < 4.78 is 4.91. The number of esters is 1. The van der Waals surface area contributed by atoms with Crippen LogP contribution in [0.25, 0.3) is 10.9 Å². The average molecular weight is 385 g/mol. The number of halogens is 1. The number of carbonyl (C=O) groups excluding carboxylic acids is 3. The molecule has 0 bridgehead atoms. The number of hydrogen-bond donors (Lipinski definition) is 2. The summed E-state index contributed by atoms with van der Waals surface area (Å²) in [5, 5.41) is 3.82. The Hall–Kier alpha value is -3.12. The third-order valence-corrected chi connectivity index (χ3v) is 4.22. The molecule has 7 heteroatoms. The number of anilines is 1. The Balaban J connectivity index is 2.05. The summed E-state index contributed by atoms with van der Waals surface area (Å²) in [6.07, 6.45) is -1.00. The van der Waals surface area contributed by atoms with Crippen molar-refractivity contribution < 1.29 is 19.1 Å². The SMILES string of the molecule is CC(=O)O[C@@H](C)C(=O)Nc1c(C(=O)c2ccccc2)[nH]c2cc(Cl)ccc12. The number of ketones is 1. The first-order valence-electron chi connectivity index (χ1n) is 8.26. The predicted octanol–water partition coefficient (Wildman–Crippen LogP) is 3.94. The molecule has 27 heavy (non-hydrogen) atoms. The number of carbonyl (C=O) groups is 3. The maximum atomic E-state index is 12.9. The second kappa shape index (κ2) is 7.63. The van der Waals surface area contributed by atoms with E-state index in [9.17, 15) is 14.4 Å². The van der Waals surface area contributed by atoms with Crippen molar-refractivity contribution in [2.24, 2.45) is 0 Å². The third-order valence-electron chi connectivity index (χ3n) is 3.98. The molecule has 0 saturated heterocycles. The zero-order valence-electron chi connectivity index (χ0n) is 14.7. The number of ether oxygens (including phenoxy) is 1. The van der Waals surface area contributed by atoms with Gasteiger partial charge in [0, 0.05) is 28.4 Å². The highest BCUT2D eigenvalue weighted by atomic mass is 35.5. The van der Waals surface area contributed by atoms with E-state index in [1.165, 1.54) is 13.8 Å². The molecular weight excluding hydrogens is 368 g/mol. The van der Waals surface area contributed by atoms with Crippen LogP contribution in [0.2, 0.25) is 5.02 Å². The predicted molar refractivity (Wildman–Crippen MR) is 103 cm³/mol. The Morgan fingerprint density at radius 3 is 2.48 bits per heavy atom. The molecule has 0 radical (unpaired) electrons. The van der Waals surface area contributed by atoms with Crippen molar-refractivity contribution in [1.29, 1.82) is 0 Å². The molecule has 0 unspecified atom stereocenters. The lowest BCUT2D eigenvalue weighted by Crippen LogP contribution is -2.29. The van der Waals surface area contributed by atoms with E-state index in [2.05, 4.69) is 10.3 Å². The molecule has 0 spiro atoms. The molecule has 138 valence electrons. The molecule has 1 atom stereocenters. The highest BCUT2D eigenvalue weighted by Crippen LogP contribution is 2.31. The average Bonchev–Trinajstić information content (AvgIpc) is 2.98. The molecule has 1 amide bonds. The van der Waals surface area contributed by atoms with Crippen molar-refractivity contribution in [1.82, 2.24) is 4.98 Å². The molecule has 0 aliphatic rings. The van der Waals surface area contributed by atoms with E-state index in [4.69, 9.17) is 16.3 Å². The maximum absolute atomic E-state index is 12.9. The highest BCUT2D eigenvalue weighted by molar-refractivity contribution is 6.31. The zero-order chi connectivity index (χ0) is 19.6. The van der Waals surface area contributed by atoms with Crippen LogP contribution in [0.1, 0.15) is 29.9 Å². The van der Waals surface area contributed by atoms with E-state index < -0.39 is 18.0 Å². The first kappa shape index (κ1) is 18.7. The highest BCUT2D eigenvalue weighted by Gasteiger charge is 2.24. The van der Waals surface area contributed by atoms with Crippen LogP contribution in [0.4, 0.5) is 5.69 Å². The second-order valence-corrected chi connectivity index (χ2v) is 6.44. The molecule has 2 aromatic carbocycles. The minimum absolute atomic E-state index is 0.224. The fourth-order valence-electron chi connectivity index (χ4n) is 2.73. The van der Waals surface area contributed by atoms with Gasteiger partial charge in [0.05, 0.1) is 5.69 Å². The van der Waals surface area contributed by atoms with Gasteiger partial charge in [-0.05, 0) is 25.1 Å². The lowest BCUT2D eigenvalue weighted by molar-refractivity contribution is -0.150. The summed E-state index contributed by atoms with van der Waals surface area (Å²) in [6.45, 7) is 2.68. The van der Waals surface area contributed by atoms with Crippen molar-refractivity contribution in [3.05, 3.63) is 64.8 Å². The van der Waals surface area contributed by atoms with Crippen LogP contribution in [-0.2, 0) is 14.3 Å². The lowest BCUT2D eigenvalue weighted by atomic mass is 10.1. The molecule has 0 aliphatic carbocycles. The van der Waals surface area contributed by atoms with Gasteiger partial charge in [-0.1, -0.05) is 41.9 Å². The van der Waals surface area contributed by atoms with Gasteiger partial charge in [0.25, 0.3) is 5.91 Å². The fourth-order valence-corrected chi connectivity index (χ4v) is 2.90. The number of fused-ring (bicyclic) bond motifs is 1. The van der Waals surface area contributed by atoms with Gasteiger partial charge in [0.15, 0.2) is 6.10 Å². The van der Waals surface area contributed by atoms with Crippen LogP contribution >= 0.6 is 11.6 Å². The maximum Gasteiger partial charge on any atom is 0.303 e. The Bertz CT molecular complexity index is 1030. The van der Waals surface area contributed by atoms with E-state index in [-0.39, 0.29) is 11.5 Å². The van der Waals surface area contributed by atoms with Gasteiger partial charge >= 0.3 is 5.97 Å². The van der Waals surface area contributed by atoms with Crippen LogP contribution in [0.15, 0.2) is 48.5 Å². The van der Waals surface area contributed by atoms with E-state index in [1.807, 2.05) is 6.07 Å². The molecule has 0 aliphatic heterocycles. The van der Waals surface area contributed by atoms with E-state index >= 15 is 0 Å². The quantitative estimate of drug-likeness (QED) is 0.515. The summed E-state index contributed by atoms with van der Waals surface area (Å²) in [5.41, 5.74) is 1.62. The van der Waals surface area contributed by atoms with Gasteiger partial charge in [-0.15, -0.1) is 0 Å². The summed E-state index contributed by atoms with van der Waals surface area (Å²) in [6, 6.07) is 13.8. The second-order valence-electron chi connectivity index (χ2n) is 6.00. The Morgan fingerprint density at radius 1 is 1.11 bits per heavy atom. The van der Waals surface area contributed by atoms with Crippen LogP contribution in [0, 0.1) is 0 Å². The number of rotatable bonds is 5. The van der Waals surface area contributed by atoms with Crippen LogP contribution in [0.5, 0.6) is 0 Å². The zero-order valence-corrected chi connectivity index (χ0v) is 15.5. The van der Waals surface area contributed by atoms with Crippen LogP contribution in [-0.4, -0.2) is 28.7 Å². The first-order valence-corrected chi connectivity index (χ1v) is 8.63. The first-order chi connectivity index (χ1) is 12.9. The smallest absolute Gasteiger partial charge is 0.303 e. The van der Waals surface area contributed by atoms with Crippen molar-refractivity contribution in [3.8, 4) is 0 Å². The Morgan fingerprint density at radius 2 is 1.81 bits per heavy atom. The van der Waals surface area contributed by atoms with Crippen molar-refractivity contribution in [3.63, 3.8) is 0 Å². The Labute approximate surface area is 160 Å². The van der Waals surface area contributed by atoms with Crippen molar-refractivity contribution in [2.75, 3.05) is 5.32 Å². The normalized spacial score (nSPS) is 11.8. The summed E-state index contributed by atoms with van der Waals surface area (Å²) in [5.74, 6) is -1.38. The standard InChI is InChI=1S/C20H17ClN2O4/c1-11(27-12(2)24)20(26)23-17-15-9-8-14(21)10-16(15)22-18(17)19(25)13-6-4-3-5-7-13/h3-11,22H,1-2H3,(H,23,26)/t11-/m0/s1. The topological polar surface area (TPSA) is 88.3 Å². The number of nitrogens with one attached hydrogen (secondary N) is 2. The van der Waals surface area contributed by atoms with Crippen LogP contribution < -0.4 is 5.32 Å². The van der Waals surface area contributed by atoms with Crippen molar-refractivity contribution in [2.45, 2.75) is 20.0 Å². The summed E-state index contributed by atoms with van der Waals surface area (Å²) in [4.78, 5) is 39.5. The molecule has 2 N–H and O–H groups in total. The molecule has 3 rings (SSSR count). The third kappa shape index (κ3) is 4.01. The number of aromatic amines is 1. The van der Waals surface area contributed by atoms with Gasteiger partial charge in [-0.3, -0.25) is 14.4 Å². The molecule has 0 fully saturated rings. The minimum Gasteiger partial charge on any atom is -0.453 e. The summed E-state index contributed by atoms with van der Waals surface area (Å²) in [7, 11) is 0. The Kier molecular flexibility index (Phi) is 5.28. The fraction of sp³-hybridized carbons (Fsp3) is 0.150. The van der Waals surface area contributed by atoms with Gasteiger partial charge in [0.1, 0.15) is 5.69 Å². The monoisotopic (exact) mass is 384 g/mol. The lowest BCUT2D eigenvalue weighted by Gasteiger charge is -2.13. The van der Waals surface area contributed by atoms with Crippen LogP contribution in [0.3, 0.4) is 0 Å². The minimum atomic E-state index is -1.00. The van der Waals surface area contributed by atoms with Gasteiger partial charge in [-0.25, -0.2) is 0 Å². The van der Waals surface area contributed by atoms with E-state index in [0.29, 0.717) is 27.2 Å². The largest absolute Gasteiger partial charge is 0.453 e. The van der Waals surface area contributed by atoms with Gasteiger partial charge < -0.3 is 15.0 Å².